The van der Waals surface area contributed by atoms with Crippen LogP contribution in [0.1, 0.15) is 24.8 Å². The Morgan fingerprint density at radius 1 is 1.23 bits per heavy atom. The van der Waals surface area contributed by atoms with Crippen molar-refractivity contribution in [1.82, 2.24) is 15.3 Å². The average Bonchev–Trinajstić information content (AvgIpc) is 2.56. The van der Waals surface area contributed by atoms with Crippen LogP contribution in [0.25, 0.3) is 0 Å². The van der Waals surface area contributed by atoms with Gasteiger partial charge in [0, 0.05) is 25.5 Å². The molecule has 0 bridgehead atoms. The van der Waals surface area contributed by atoms with E-state index < -0.39 is 0 Å². The van der Waals surface area contributed by atoms with Crippen molar-refractivity contribution in [3.8, 4) is 0 Å². The van der Waals surface area contributed by atoms with Gasteiger partial charge >= 0.3 is 0 Å². The number of hydrogen-bond acceptors (Lipinski definition) is 5. The van der Waals surface area contributed by atoms with E-state index in [2.05, 4.69) is 43.7 Å². The lowest BCUT2D eigenvalue weighted by molar-refractivity contribution is 0.399. The summed E-state index contributed by atoms with van der Waals surface area (Å²) in [7, 11) is 2.04. The molecule has 1 aromatic carbocycles. The monoisotopic (exact) mass is 295 g/mol. The van der Waals surface area contributed by atoms with Gasteiger partial charge in [-0.1, -0.05) is 12.5 Å². The largest absolute Gasteiger partial charge is 0.335 e. The lowest BCUT2D eigenvalue weighted by Gasteiger charge is -2.29. The zero-order chi connectivity index (χ0) is 14.9. The van der Waals surface area contributed by atoms with Crippen molar-refractivity contribution in [3.63, 3.8) is 0 Å². The van der Waals surface area contributed by atoms with Crippen LogP contribution < -0.4 is 15.5 Å². The summed E-state index contributed by atoms with van der Waals surface area (Å²) in [5.41, 5.74) is 3.63. The van der Waals surface area contributed by atoms with Gasteiger partial charge in [0.1, 0.15) is 0 Å². The average molecular weight is 295 g/mol. The molecule has 1 atom stereocenters. The zero-order valence-electron chi connectivity index (χ0n) is 12.8. The standard InChI is InChI=1S/C17H21N5/c1-22-15-6-5-12(10-13-4-2-3-7-18-13)11-14(15)21-16-17(22)20-9-8-19-16/h5-6,8-9,11,13,18H,2-4,7,10H2,1H3,(H,19,21). The van der Waals surface area contributed by atoms with E-state index in [0.717, 1.165) is 36.0 Å². The minimum atomic E-state index is 0.611. The van der Waals surface area contributed by atoms with E-state index in [0.29, 0.717) is 6.04 Å². The number of nitrogens with zero attached hydrogens (tertiary/aromatic N) is 3. The van der Waals surface area contributed by atoms with Crippen LogP contribution in [0.5, 0.6) is 0 Å². The Labute approximate surface area is 130 Å². The van der Waals surface area contributed by atoms with E-state index in [-0.39, 0.29) is 0 Å². The van der Waals surface area contributed by atoms with Crippen molar-refractivity contribution in [1.29, 1.82) is 0 Å². The van der Waals surface area contributed by atoms with Crippen LogP contribution >= 0.6 is 0 Å². The van der Waals surface area contributed by atoms with Gasteiger partial charge in [-0.25, -0.2) is 9.97 Å². The van der Waals surface area contributed by atoms with Gasteiger partial charge in [0.2, 0.25) is 0 Å². The predicted molar refractivity (Wildman–Crippen MR) is 89.2 cm³/mol. The summed E-state index contributed by atoms with van der Waals surface area (Å²) in [6, 6.07) is 7.27. The topological polar surface area (TPSA) is 53.1 Å². The minimum absolute atomic E-state index is 0.611. The molecule has 5 nitrogen and oxygen atoms in total. The zero-order valence-corrected chi connectivity index (χ0v) is 12.8. The Morgan fingerprint density at radius 2 is 2.14 bits per heavy atom. The molecule has 22 heavy (non-hydrogen) atoms. The molecule has 1 unspecified atom stereocenters. The Morgan fingerprint density at radius 3 is 3.00 bits per heavy atom. The number of fused-ring (bicyclic) bond motifs is 2. The summed E-state index contributed by atoms with van der Waals surface area (Å²) in [5.74, 6) is 1.70. The Hall–Kier alpha value is -2.14. The molecule has 3 heterocycles. The van der Waals surface area contributed by atoms with Crippen molar-refractivity contribution < 1.29 is 0 Å². The number of hydrogen-bond donors (Lipinski definition) is 2. The molecule has 0 radical (unpaired) electrons. The lowest BCUT2D eigenvalue weighted by Crippen LogP contribution is -2.35. The summed E-state index contributed by atoms with van der Waals surface area (Å²) < 4.78 is 0. The molecule has 1 saturated heterocycles. The maximum absolute atomic E-state index is 4.41. The van der Waals surface area contributed by atoms with Gasteiger partial charge in [0.25, 0.3) is 0 Å². The SMILES string of the molecule is CN1c2ccc(CC3CCCCN3)cc2Nc2nccnc21. The number of rotatable bonds is 2. The summed E-state index contributed by atoms with van der Waals surface area (Å²) >= 11 is 0. The smallest absolute Gasteiger partial charge is 0.176 e. The molecule has 0 spiro atoms. The molecule has 1 fully saturated rings. The molecule has 2 N–H and O–H groups in total. The molecule has 0 amide bonds. The second-order valence-electron chi connectivity index (χ2n) is 6.12. The van der Waals surface area contributed by atoms with Crippen LogP contribution in [0.15, 0.2) is 30.6 Å². The Bertz CT molecular complexity index is 678. The van der Waals surface area contributed by atoms with Gasteiger partial charge < -0.3 is 15.5 Å². The van der Waals surface area contributed by atoms with Gasteiger partial charge in [-0.3, -0.25) is 0 Å². The lowest BCUT2D eigenvalue weighted by atomic mass is 9.97. The Kier molecular flexibility index (Phi) is 3.42. The molecule has 114 valence electrons. The number of nitrogens with one attached hydrogen (secondary N) is 2. The molecule has 1 aromatic heterocycles. The van der Waals surface area contributed by atoms with Gasteiger partial charge in [-0.05, 0) is 43.5 Å². The highest BCUT2D eigenvalue weighted by molar-refractivity contribution is 5.88. The fourth-order valence-corrected chi connectivity index (χ4v) is 3.39. The minimum Gasteiger partial charge on any atom is -0.335 e. The molecular weight excluding hydrogens is 274 g/mol. The molecule has 0 saturated carbocycles. The fraction of sp³-hybridized carbons (Fsp3) is 0.412. The van der Waals surface area contributed by atoms with Crippen molar-refractivity contribution >= 4 is 23.0 Å². The van der Waals surface area contributed by atoms with Gasteiger partial charge in [-0.15, -0.1) is 0 Å². The second-order valence-corrected chi connectivity index (χ2v) is 6.12. The van der Waals surface area contributed by atoms with Crippen molar-refractivity contribution in [2.75, 3.05) is 23.8 Å². The van der Waals surface area contributed by atoms with E-state index in [4.69, 9.17) is 0 Å². The molecule has 2 aliphatic rings. The van der Waals surface area contributed by atoms with Crippen molar-refractivity contribution in [2.24, 2.45) is 0 Å². The highest BCUT2D eigenvalue weighted by atomic mass is 15.3. The van der Waals surface area contributed by atoms with Gasteiger partial charge in [0.15, 0.2) is 11.6 Å². The molecule has 2 aromatic rings. The van der Waals surface area contributed by atoms with Crippen LogP contribution in [0, 0.1) is 0 Å². The number of anilines is 4. The quantitative estimate of drug-likeness (QED) is 0.892. The second kappa shape index (κ2) is 5.57. The van der Waals surface area contributed by atoms with Crippen LogP contribution in [0.4, 0.5) is 23.0 Å². The number of piperidine rings is 1. The Balaban J connectivity index is 1.60. The summed E-state index contributed by atoms with van der Waals surface area (Å²) in [5, 5.41) is 7.03. The molecule has 4 rings (SSSR count). The van der Waals surface area contributed by atoms with E-state index in [1.807, 2.05) is 7.05 Å². The van der Waals surface area contributed by atoms with Crippen LogP contribution in [0.2, 0.25) is 0 Å². The number of aromatic nitrogens is 2. The van der Waals surface area contributed by atoms with Crippen LogP contribution in [-0.2, 0) is 6.42 Å². The van der Waals surface area contributed by atoms with Gasteiger partial charge in [0.05, 0.1) is 11.4 Å². The maximum Gasteiger partial charge on any atom is 0.176 e. The number of benzene rings is 1. The summed E-state index contributed by atoms with van der Waals surface area (Å²) in [6.45, 7) is 1.15. The first-order valence-electron chi connectivity index (χ1n) is 7.99. The summed E-state index contributed by atoms with van der Waals surface area (Å²) in [4.78, 5) is 10.9. The van der Waals surface area contributed by atoms with E-state index in [1.54, 1.807) is 12.4 Å². The van der Waals surface area contributed by atoms with Gasteiger partial charge in [-0.2, -0.15) is 0 Å². The van der Waals surface area contributed by atoms with E-state index in [9.17, 15) is 0 Å². The maximum atomic E-state index is 4.41. The summed E-state index contributed by atoms with van der Waals surface area (Å²) in [6.07, 6.45) is 8.46. The van der Waals surface area contributed by atoms with Crippen molar-refractivity contribution in [2.45, 2.75) is 31.7 Å². The van der Waals surface area contributed by atoms with Crippen LogP contribution in [0.3, 0.4) is 0 Å². The third kappa shape index (κ3) is 2.41. The molecular formula is C17H21N5. The van der Waals surface area contributed by atoms with E-state index in [1.165, 1.54) is 24.8 Å². The third-order valence-electron chi connectivity index (χ3n) is 4.57. The van der Waals surface area contributed by atoms with Crippen LogP contribution in [-0.4, -0.2) is 29.6 Å². The molecule has 2 aliphatic heterocycles. The molecule has 0 aliphatic carbocycles. The highest BCUT2D eigenvalue weighted by Crippen LogP contribution is 2.40. The van der Waals surface area contributed by atoms with Crippen molar-refractivity contribution in [3.05, 3.63) is 36.2 Å². The normalized spacial score (nSPS) is 20.0. The predicted octanol–water partition coefficient (Wildman–Crippen LogP) is 2.99. The third-order valence-corrected chi connectivity index (χ3v) is 4.57. The highest BCUT2D eigenvalue weighted by Gasteiger charge is 2.22. The molecule has 5 heteroatoms. The fourth-order valence-electron chi connectivity index (χ4n) is 3.39. The first-order chi connectivity index (χ1) is 10.8. The van der Waals surface area contributed by atoms with E-state index >= 15 is 0 Å². The first kappa shape index (κ1) is 13.5. The first-order valence-corrected chi connectivity index (χ1v) is 7.99.